The van der Waals surface area contributed by atoms with Crippen LogP contribution in [0.15, 0.2) is 109 Å². The Balaban J connectivity index is 1.41. The van der Waals surface area contributed by atoms with Crippen LogP contribution in [-0.4, -0.2) is 33.5 Å². The van der Waals surface area contributed by atoms with Gasteiger partial charge in [0.25, 0.3) is 0 Å². The van der Waals surface area contributed by atoms with E-state index < -0.39 is 11.5 Å². The van der Waals surface area contributed by atoms with Crippen molar-refractivity contribution in [1.82, 2.24) is 9.88 Å². The van der Waals surface area contributed by atoms with Gasteiger partial charge >= 0.3 is 5.97 Å². The molecule has 0 bridgehead atoms. The van der Waals surface area contributed by atoms with Crippen LogP contribution in [0.1, 0.15) is 40.3 Å². The van der Waals surface area contributed by atoms with E-state index in [1.807, 2.05) is 43.3 Å². The van der Waals surface area contributed by atoms with E-state index in [2.05, 4.69) is 87.6 Å². The first-order valence-electron chi connectivity index (χ1n) is 14.1. The minimum absolute atomic E-state index is 0.0936. The van der Waals surface area contributed by atoms with Crippen molar-refractivity contribution in [3.63, 3.8) is 0 Å². The standard InChI is InChI=1S/C35H33N3O2/c1-24-33(28-17-8-10-18-30(28)36-24)35(34(39)40)20-29-27-16-9-11-19-31(27)38(22-26-14-6-3-7-15-26)32(29)23-37(35)21-25-12-4-2-5-13-25/h2-19,29,32,36H,20-23H2,1H3,(H,39,40). The zero-order valence-electron chi connectivity index (χ0n) is 22.6. The average molecular weight is 528 g/mol. The van der Waals surface area contributed by atoms with Crippen molar-refractivity contribution >= 4 is 22.6 Å². The summed E-state index contributed by atoms with van der Waals surface area (Å²) in [6.07, 6.45) is 0.505. The lowest BCUT2D eigenvalue weighted by molar-refractivity contribution is -0.157. The number of likely N-dealkylation sites (tertiary alicyclic amines) is 1. The monoisotopic (exact) mass is 527 g/mol. The second-order valence-electron chi connectivity index (χ2n) is 11.3. The van der Waals surface area contributed by atoms with Gasteiger partial charge in [-0.15, -0.1) is 0 Å². The van der Waals surface area contributed by atoms with Crippen LogP contribution in [0.25, 0.3) is 10.9 Å². The number of nitrogens with one attached hydrogen (secondary N) is 1. The molecular weight excluding hydrogens is 494 g/mol. The molecule has 1 fully saturated rings. The van der Waals surface area contributed by atoms with E-state index in [0.717, 1.165) is 34.3 Å². The lowest BCUT2D eigenvalue weighted by atomic mass is 9.71. The quantitative estimate of drug-likeness (QED) is 0.254. The molecule has 0 spiro atoms. The molecule has 3 atom stereocenters. The van der Waals surface area contributed by atoms with Crippen LogP contribution in [0.3, 0.4) is 0 Å². The molecule has 5 nitrogen and oxygen atoms in total. The van der Waals surface area contributed by atoms with E-state index in [-0.39, 0.29) is 12.0 Å². The number of nitrogens with zero attached hydrogens (tertiary/aromatic N) is 2. The van der Waals surface area contributed by atoms with Crippen molar-refractivity contribution in [3.8, 4) is 0 Å². The van der Waals surface area contributed by atoms with Gasteiger partial charge in [0.1, 0.15) is 5.54 Å². The number of H-pyrrole nitrogens is 1. The third-order valence-electron chi connectivity index (χ3n) is 9.05. The Morgan fingerprint density at radius 3 is 2.20 bits per heavy atom. The number of piperidine rings is 1. The van der Waals surface area contributed by atoms with E-state index >= 15 is 0 Å². The molecule has 7 rings (SSSR count). The van der Waals surface area contributed by atoms with Crippen LogP contribution in [0.2, 0.25) is 0 Å². The molecular formula is C35H33N3O2. The number of carboxylic acid groups (broad SMARTS) is 1. The van der Waals surface area contributed by atoms with E-state index in [1.54, 1.807) is 0 Å². The number of hydrogen-bond donors (Lipinski definition) is 2. The lowest BCUT2D eigenvalue weighted by Gasteiger charge is -2.50. The zero-order chi connectivity index (χ0) is 27.3. The first-order chi connectivity index (χ1) is 19.6. The number of aromatic amines is 1. The molecule has 0 saturated carbocycles. The Labute approximate surface area is 234 Å². The number of para-hydroxylation sites is 2. The number of aryl methyl sites for hydroxylation is 1. The van der Waals surface area contributed by atoms with Crippen molar-refractivity contribution in [2.75, 3.05) is 11.4 Å². The van der Waals surface area contributed by atoms with Gasteiger partial charge in [0.05, 0.1) is 0 Å². The first-order valence-corrected chi connectivity index (χ1v) is 14.1. The Hall–Kier alpha value is -4.35. The summed E-state index contributed by atoms with van der Waals surface area (Å²) in [6.45, 7) is 4.03. The van der Waals surface area contributed by atoms with Crippen LogP contribution in [-0.2, 0) is 23.4 Å². The highest BCUT2D eigenvalue weighted by Crippen LogP contribution is 2.54. The molecule has 0 amide bonds. The third-order valence-corrected chi connectivity index (χ3v) is 9.05. The van der Waals surface area contributed by atoms with Gasteiger partial charge in [0.15, 0.2) is 0 Å². The van der Waals surface area contributed by atoms with Crippen LogP contribution in [0.5, 0.6) is 0 Å². The van der Waals surface area contributed by atoms with Crippen LogP contribution < -0.4 is 4.90 Å². The van der Waals surface area contributed by atoms with Gasteiger partial charge in [-0.2, -0.15) is 0 Å². The normalized spacial score (nSPS) is 22.3. The molecule has 0 radical (unpaired) electrons. The molecule has 3 heterocycles. The highest BCUT2D eigenvalue weighted by Gasteiger charge is 2.57. The largest absolute Gasteiger partial charge is 0.480 e. The number of rotatable bonds is 6. The Morgan fingerprint density at radius 2 is 1.48 bits per heavy atom. The summed E-state index contributed by atoms with van der Waals surface area (Å²) < 4.78 is 0. The second kappa shape index (κ2) is 9.68. The maximum absolute atomic E-state index is 13.8. The predicted molar refractivity (Wildman–Crippen MR) is 159 cm³/mol. The maximum atomic E-state index is 13.8. The molecule has 200 valence electrons. The van der Waals surface area contributed by atoms with Crippen LogP contribution in [0.4, 0.5) is 5.69 Å². The number of hydrogen-bond acceptors (Lipinski definition) is 3. The summed E-state index contributed by atoms with van der Waals surface area (Å²) in [6, 6.07) is 37.8. The Morgan fingerprint density at radius 1 is 0.850 bits per heavy atom. The van der Waals surface area contributed by atoms with Crippen LogP contribution in [0, 0.1) is 6.92 Å². The van der Waals surface area contributed by atoms with Crippen molar-refractivity contribution in [2.45, 2.75) is 43.9 Å². The first kappa shape index (κ1) is 24.7. The lowest BCUT2D eigenvalue weighted by Crippen LogP contribution is -2.61. The Kier molecular flexibility index (Phi) is 5.97. The number of carbonyl (C=O) groups is 1. The summed E-state index contributed by atoms with van der Waals surface area (Å²) in [5, 5.41) is 12.3. The fraction of sp³-hybridized carbons (Fsp3) is 0.229. The maximum Gasteiger partial charge on any atom is 0.328 e. The molecule has 0 aliphatic carbocycles. The minimum atomic E-state index is -1.18. The smallest absolute Gasteiger partial charge is 0.328 e. The number of benzene rings is 4. The highest BCUT2D eigenvalue weighted by molar-refractivity contribution is 5.93. The second-order valence-corrected chi connectivity index (χ2v) is 11.3. The topological polar surface area (TPSA) is 59.6 Å². The van der Waals surface area contributed by atoms with E-state index in [1.165, 1.54) is 16.8 Å². The van der Waals surface area contributed by atoms with Gasteiger partial charge in [0.2, 0.25) is 0 Å². The fourth-order valence-electron chi connectivity index (χ4n) is 7.35. The molecule has 5 heteroatoms. The molecule has 2 aliphatic heterocycles. The predicted octanol–water partition coefficient (Wildman–Crippen LogP) is 6.83. The SMILES string of the molecule is Cc1[nH]c2ccccc2c1C1(C(=O)O)CC2c3ccccc3N(Cc3ccccc3)C2CN1Cc1ccccc1. The summed E-state index contributed by atoms with van der Waals surface area (Å²) >= 11 is 0. The molecule has 2 N–H and O–H groups in total. The van der Waals surface area contributed by atoms with Crippen molar-refractivity contribution in [2.24, 2.45) is 0 Å². The molecule has 4 aromatic carbocycles. The summed E-state index contributed by atoms with van der Waals surface area (Å²) in [7, 11) is 0. The van der Waals surface area contributed by atoms with E-state index in [4.69, 9.17) is 0 Å². The molecule has 1 aromatic heterocycles. The number of carboxylic acids is 1. The molecule has 3 unspecified atom stereocenters. The molecule has 2 aliphatic rings. The van der Waals surface area contributed by atoms with Gasteiger partial charge in [-0.05, 0) is 42.2 Å². The summed E-state index contributed by atoms with van der Waals surface area (Å²) in [4.78, 5) is 22.0. The van der Waals surface area contributed by atoms with Gasteiger partial charge in [0, 0.05) is 59.4 Å². The van der Waals surface area contributed by atoms with Gasteiger partial charge < -0.3 is 15.0 Å². The number of fused-ring (bicyclic) bond motifs is 4. The van der Waals surface area contributed by atoms with Crippen molar-refractivity contribution < 1.29 is 9.90 Å². The van der Waals surface area contributed by atoms with E-state index in [9.17, 15) is 9.90 Å². The fourth-order valence-corrected chi connectivity index (χ4v) is 7.35. The number of aromatic nitrogens is 1. The molecule has 5 aromatic rings. The molecule has 40 heavy (non-hydrogen) atoms. The Bertz CT molecular complexity index is 1680. The van der Waals surface area contributed by atoms with Gasteiger partial charge in [-0.25, -0.2) is 4.79 Å². The summed E-state index contributed by atoms with van der Waals surface area (Å²) in [5.41, 5.74) is 6.47. The third kappa shape index (κ3) is 3.84. The minimum Gasteiger partial charge on any atom is -0.480 e. The highest BCUT2D eigenvalue weighted by atomic mass is 16.4. The van der Waals surface area contributed by atoms with Crippen LogP contribution >= 0.6 is 0 Å². The van der Waals surface area contributed by atoms with Crippen molar-refractivity contribution in [3.05, 3.63) is 137 Å². The number of anilines is 1. The molecule has 1 saturated heterocycles. The van der Waals surface area contributed by atoms with Gasteiger partial charge in [-0.1, -0.05) is 97.1 Å². The number of aliphatic carboxylic acids is 1. The zero-order valence-corrected chi connectivity index (χ0v) is 22.6. The average Bonchev–Trinajstić information content (AvgIpc) is 3.47. The van der Waals surface area contributed by atoms with Crippen molar-refractivity contribution in [1.29, 1.82) is 0 Å². The van der Waals surface area contributed by atoms with E-state index in [0.29, 0.717) is 19.5 Å². The summed E-state index contributed by atoms with van der Waals surface area (Å²) in [5.74, 6) is -0.690. The van der Waals surface area contributed by atoms with Gasteiger partial charge in [-0.3, -0.25) is 4.90 Å².